The highest BCUT2D eigenvalue weighted by atomic mass is 15.3. The van der Waals surface area contributed by atoms with Crippen molar-refractivity contribution in [2.75, 3.05) is 36.8 Å². The van der Waals surface area contributed by atoms with E-state index in [1.807, 2.05) is 54.7 Å². The van der Waals surface area contributed by atoms with E-state index in [0.717, 1.165) is 78.0 Å². The Labute approximate surface area is 243 Å². The number of hydrogen-bond acceptors (Lipinski definition) is 8. The zero-order valence-corrected chi connectivity index (χ0v) is 23.0. The first kappa shape index (κ1) is 24.6. The first-order valence-electron chi connectivity index (χ1n) is 14.1. The van der Waals surface area contributed by atoms with Gasteiger partial charge in [0.15, 0.2) is 11.5 Å². The van der Waals surface area contributed by atoms with Gasteiger partial charge in [0.1, 0.15) is 23.5 Å². The lowest BCUT2D eigenvalue weighted by Gasteiger charge is -2.60. The molecule has 2 aliphatic rings. The molecule has 0 radical (unpaired) electrons. The van der Waals surface area contributed by atoms with Crippen molar-refractivity contribution in [2.24, 2.45) is 5.41 Å². The second kappa shape index (κ2) is 9.74. The fraction of sp³-hybridized carbons (Fsp3) is 0.182. The van der Waals surface area contributed by atoms with Crippen LogP contribution in [0, 0.1) is 5.41 Å². The summed E-state index contributed by atoms with van der Waals surface area (Å²) in [6.07, 6.45) is 5.13. The molecule has 42 heavy (non-hydrogen) atoms. The maximum Gasteiger partial charge on any atom is 0.165 e. The minimum absolute atomic E-state index is 0.390. The predicted molar refractivity (Wildman–Crippen MR) is 164 cm³/mol. The SMILES string of the molecule is Nc1ncccc1-c1nc2ccc(-c3ccccc3)nc2n1-c1ccc(CN2CC3(C2)CN(c2ccncn2)C3)cc1. The Morgan fingerprint density at radius 3 is 2.36 bits per heavy atom. The van der Waals surface area contributed by atoms with Gasteiger partial charge in [-0.3, -0.25) is 9.47 Å². The van der Waals surface area contributed by atoms with E-state index in [-0.39, 0.29) is 0 Å². The van der Waals surface area contributed by atoms with Gasteiger partial charge in [0, 0.05) is 61.8 Å². The summed E-state index contributed by atoms with van der Waals surface area (Å²) in [5.41, 5.74) is 13.3. The van der Waals surface area contributed by atoms with Gasteiger partial charge < -0.3 is 10.6 Å². The highest BCUT2D eigenvalue weighted by Crippen LogP contribution is 2.42. The zero-order chi connectivity index (χ0) is 28.1. The lowest BCUT2D eigenvalue weighted by atomic mass is 9.72. The summed E-state index contributed by atoms with van der Waals surface area (Å²) in [6.45, 7) is 5.27. The second-order valence-electron chi connectivity index (χ2n) is 11.3. The van der Waals surface area contributed by atoms with E-state index in [1.165, 1.54) is 5.56 Å². The Balaban J connectivity index is 1.06. The van der Waals surface area contributed by atoms with Crippen molar-refractivity contribution < 1.29 is 0 Å². The monoisotopic (exact) mass is 551 g/mol. The van der Waals surface area contributed by atoms with E-state index >= 15 is 0 Å². The van der Waals surface area contributed by atoms with Crippen molar-refractivity contribution in [3.63, 3.8) is 0 Å². The summed E-state index contributed by atoms with van der Waals surface area (Å²) in [5, 5.41) is 0. The molecule has 206 valence electrons. The fourth-order valence-electron chi connectivity index (χ4n) is 6.38. The van der Waals surface area contributed by atoms with Crippen LogP contribution in [0.5, 0.6) is 0 Å². The molecule has 0 unspecified atom stereocenters. The molecule has 6 heterocycles. The Hall–Kier alpha value is -5.15. The van der Waals surface area contributed by atoms with Crippen LogP contribution in [-0.2, 0) is 6.54 Å². The van der Waals surface area contributed by atoms with E-state index in [2.05, 4.69) is 65.7 Å². The standard InChI is InChI=1S/C33H29N9/c34-30-26(7-4-15-36-30)31-39-28-13-12-27(24-5-2-1-3-6-24)38-32(28)42(31)25-10-8-23(9-11-25)17-40-18-33(19-40)20-41(21-33)29-14-16-35-22-37-29/h1-16,22H,17-21H2,(H2,34,36). The van der Waals surface area contributed by atoms with Crippen molar-refractivity contribution in [3.8, 4) is 28.3 Å². The molecule has 8 rings (SSSR count). The number of nitrogens with two attached hydrogens (primary N) is 1. The number of anilines is 2. The minimum Gasteiger partial charge on any atom is -0.383 e. The number of hydrogen-bond donors (Lipinski definition) is 1. The van der Waals surface area contributed by atoms with Crippen LogP contribution < -0.4 is 10.6 Å². The molecule has 2 fully saturated rings. The van der Waals surface area contributed by atoms with E-state index in [0.29, 0.717) is 11.2 Å². The van der Waals surface area contributed by atoms with Gasteiger partial charge in [-0.05, 0) is 48.0 Å². The van der Waals surface area contributed by atoms with E-state index in [1.54, 1.807) is 12.5 Å². The van der Waals surface area contributed by atoms with Gasteiger partial charge >= 0.3 is 0 Å². The zero-order valence-electron chi connectivity index (χ0n) is 23.0. The molecular formula is C33H29N9. The maximum absolute atomic E-state index is 6.32. The van der Waals surface area contributed by atoms with E-state index in [9.17, 15) is 0 Å². The Kier molecular flexibility index (Phi) is 5.71. The summed E-state index contributed by atoms with van der Waals surface area (Å²) >= 11 is 0. The quantitative estimate of drug-likeness (QED) is 0.314. The summed E-state index contributed by atoms with van der Waals surface area (Å²) in [7, 11) is 0. The lowest BCUT2D eigenvalue weighted by Crippen LogP contribution is -2.72. The average Bonchev–Trinajstić information content (AvgIpc) is 3.37. The third kappa shape index (κ3) is 4.26. The molecule has 9 heteroatoms. The molecular weight excluding hydrogens is 522 g/mol. The van der Waals surface area contributed by atoms with Crippen LogP contribution in [0.15, 0.2) is 104 Å². The largest absolute Gasteiger partial charge is 0.383 e. The van der Waals surface area contributed by atoms with Gasteiger partial charge in [-0.25, -0.2) is 24.9 Å². The second-order valence-corrected chi connectivity index (χ2v) is 11.3. The van der Waals surface area contributed by atoms with Gasteiger partial charge in [-0.1, -0.05) is 42.5 Å². The summed E-state index contributed by atoms with van der Waals surface area (Å²) in [4.78, 5) is 27.6. The summed E-state index contributed by atoms with van der Waals surface area (Å²) in [5.74, 6) is 2.19. The normalized spacial score (nSPS) is 16.0. The third-order valence-electron chi connectivity index (χ3n) is 8.32. The van der Waals surface area contributed by atoms with Gasteiger partial charge in [0.25, 0.3) is 0 Å². The predicted octanol–water partition coefficient (Wildman–Crippen LogP) is 4.84. The number of rotatable bonds is 6. The van der Waals surface area contributed by atoms with Gasteiger partial charge in [-0.15, -0.1) is 0 Å². The number of aromatic nitrogens is 6. The number of likely N-dealkylation sites (tertiary alicyclic amines) is 1. The molecule has 0 aliphatic carbocycles. The molecule has 1 spiro atoms. The molecule has 9 nitrogen and oxygen atoms in total. The van der Waals surface area contributed by atoms with Crippen LogP contribution in [0.4, 0.5) is 11.6 Å². The molecule has 2 saturated heterocycles. The number of nitrogens with zero attached hydrogens (tertiary/aromatic N) is 8. The summed E-state index contributed by atoms with van der Waals surface area (Å²) in [6, 6.07) is 28.8. The molecule has 2 aliphatic heterocycles. The van der Waals surface area contributed by atoms with E-state index in [4.69, 9.17) is 15.7 Å². The Morgan fingerprint density at radius 2 is 1.60 bits per heavy atom. The molecule has 2 N–H and O–H groups in total. The molecule has 4 aromatic heterocycles. The fourth-order valence-corrected chi connectivity index (χ4v) is 6.38. The van der Waals surface area contributed by atoms with Crippen molar-refractivity contribution in [1.29, 1.82) is 0 Å². The highest BCUT2D eigenvalue weighted by Gasteiger charge is 2.51. The third-order valence-corrected chi connectivity index (χ3v) is 8.32. The number of benzene rings is 2. The van der Waals surface area contributed by atoms with Crippen LogP contribution >= 0.6 is 0 Å². The van der Waals surface area contributed by atoms with Gasteiger partial charge in [0.05, 0.1) is 11.3 Å². The van der Waals surface area contributed by atoms with Crippen molar-refractivity contribution in [2.45, 2.75) is 6.54 Å². The minimum atomic E-state index is 0.390. The van der Waals surface area contributed by atoms with Crippen LogP contribution in [0.3, 0.4) is 0 Å². The number of nitrogen functional groups attached to an aromatic ring is 1. The van der Waals surface area contributed by atoms with Crippen LogP contribution in [0.2, 0.25) is 0 Å². The Morgan fingerprint density at radius 1 is 0.762 bits per heavy atom. The molecule has 0 amide bonds. The summed E-state index contributed by atoms with van der Waals surface area (Å²) < 4.78 is 2.09. The first-order valence-corrected chi connectivity index (χ1v) is 14.1. The average molecular weight is 552 g/mol. The van der Waals surface area contributed by atoms with Crippen molar-refractivity contribution >= 4 is 22.8 Å². The van der Waals surface area contributed by atoms with Crippen LogP contribution in [0.25, 0.3) is 39.5 Å². The maximum atomic E-state index is 6.32. The topological polar surface area (TPSA) is 102 Å². The molecule has 0 bridgehead atoms. The smallest absolute Gasteiger partial charge is 0.165 e. The molecule has 6 aromatic rings. The highest BCUT2D eigenvalue weighted by molar-refractivity contribution is 5.84. The number of imidazole rings is 1. The molecule has 0 saturated carbocycles. The lowest BCUT2D eigenvalue weighted by molar-refractivity contribution is -0.0276. The van der Waals surface area contributed by atoms with Crippen LogP contribution in [0.1, 0.15) is 5.56 Å². The van der Waals surface area contributed by atoms with Gasteiger partial charge in [-0.2, -0.15) is 0 Å². The van der Waals surface area contributed by atoms with Gasteiger partial charge in [0.2, 0.25) is 0 Å². The molecule has 2 aromatic carbocycles. The Bertz CT molecular complexity index is 1870. The first-order chi connectivity index (χ1) is 20.6. The number of fused-ring (bicyclic) bond motifs is 1. The van der Waals surface area contributed by atoms with Crippen molar-refractivity contribution in [3.05, 3.63) is 109 Å². The van der Waals surface area contributed by atoms with Crippen LogP contribution in [-0.4, -0.2) is 60.6 Å². The molecule has 0 atom stereocenters. The van der Waals surface area contributed by atoms with Crippen molar-refractivity contribution in [1.82, 2.24) is 34.4 Å². The van der Waals surface area contributed by atoms with E-state index < -0.39 is 0 Å². The number of pyridine rings is 2.